The van der Waals surface area contributed by atoms with E-state index >= 15 is 0 Å². The molecule has 0 aromatic carbocycles. The first-order valence-electron chi connectivity index (χ1n) is 10.9. The quantitative estimate of drug-likeness (QED) is 0.119. The zero-order chi connectivity index (χ0) is 18.6. The van der Waals surface area contributed by atoms with Crippen LogP contribution in [0.4, 0.5) is 0 Å². The SMILES string of the molecule is CCCCCCCCCCC(=O)OC(=O)CCCCCCCCCC.[NaH]. The molecule has 0 fully saturated rings. The number of hydrogen-bond donors (Lipinski definition) is 0. The Morgan fingerprint density at radius 2 is 0.769 bits per heavy atom. The third-order valence-corrected chi connectivity index (χ3v) is 4.70. The summed E-state index contributed by atoms with van der Waals surface area (Å²) in [4.78, 5) is 23.2. The van der Waals surface area contributed by atoms with Crippen LogP contribution in [-0.4, -0.2) is 41.5 Å². The molecule has 0 radical (unpaired) electrons. The molecule has 0 aliphatic rings. The summed E-state index contributed by atoms with van der Waals surface area (Å²) in [6.07, 6.45) is 19.9. The van der Waals surface area contributed by atoms with Gasteiger partial charge in [0.25, 0.3) is 0 Å². The second-order valence-electron chi connectivity index (χ2n) is 7.30. The summed E-state index contributed by atoms with van der Waals surface area (Å²) < 4.78 is 4.89. The molecular weight excluding hydrogens is 335 g/mol. The van der Waals surface area contributed by atoms with Crippen LogP contribution < -0.4 is 0 Å². The molecule has 0 rings (SSSR count). The predicted molar refractivity (Wildman–Crippen MR) is 113 cm³/mol. The molecule has 26 heavy (non-hydrogen) atoms. The van der Waals surface area contributed by atoms with Crippen molar-refractivity contribution in [3.63, 3.8) is 0 Å². The predicted octanol–water partition coefficient (Wildman–Crippen LogP) is 6.47. The van der Waals surface area contributed by atoms with Gasteiger partial charge in [-0.15, -0.1) is 0 Å². The van der Waals surface area contributed by atoms with Crippen molar-refractivity contribution in [1.29, 1.82) is 0 Å². The van der Waals surface area contributed by atoms with Gasteiger partial charge in [0.1, 0.15) is 0 Å². The number of ether oxygens (including phenoxy) is 1. The van der Waals surface area contributed by atoms with Gasteiger partial charge in [-0.05, 0) is 12.8 Å². The van der Waals surface area contributed by atoms with E-state index in [1.165, 1.54) is 77.0 Å². The Bertz CT molecular complexity index is 289. The van der Waals surface area contributed by atoms with Crippen LogP contribution in [0.3, 0.4) is 0 Å². The van der Waals surface area contributed by atoms with E-state index in [9.17, 15) is 9.59 Å². The van der Waals surface area contributed by atoms with E-state index in [1.54, 1.807) is 0 Å². The van der Waals surface area contributed by atoms with Crippen molar-refractivity contribution in [3.05, 3.63) is 0 Å². The van der Waals surface area contributed by atoms with Gasteiger partial charge in [-0.1, -0.05) is 104 Å². The van der Waals surface area contributed by atoms with Crippen molar-refractivity contribution in [2.75, 3.05) is 0 Å². The normalized spacial score (nSPS) is 10.4. The monoisotopic (exact) mass is 378 g/mol. The first-order valence-corrected chi connectivity index (χ1v) is 10.9. The van der Waals surface area contributed by atoms with Crippen molar-refractivity contribution in [2.24, 2.45) is 0 Å². The fourth-order valence-electron chi connectivity index (χ4n) is 3.04. The molecule has 0 unspecified atom stereocenters. The Hall–Kier alpha value is 0.140. The van der Waals surface area contributed by atoms with Crippen LogP contribution in [0.1, 0.15) is 129 Å². The maximum absolute atomic E-state index is 11.6. The first-order chi connectivity index (χ1) is 12.2. The molecule has 0 saturated carbocycles. The molecule has 0 heterocycles. The molecular formula is C22H43NaO3. The Labute approximate surface area is 184 Å². The number of hydrogen-bond acceptors (Lipinski definition) is 3. The van der Waals surface area contributed by atoms with Gasteiger partial charge < -0.3 is 4.74 Å². The average Bonchev–Trinajstić information content (AvgIpc) is 2.59. The molecule has 3 nitrogen and oxygen atoms in total. The first kappa shape index (κ1) is 28.4. The van der Waals surface area contributed by atoms with Gasteiger partial charge in [0, 0.05) is 12.8 Å². The van der Waals surface area contributed by atoms with Gasteiger partial charge in [0.15, 0.2) is 0 Å². The fourth-order valence-corrected chi connectivity index (χ4v) is 3.04. The zero-order valence-electron chi connectivity index (χ0n) is 17.0. The molecule has 150 valence electrons. The summed E-state index contributed by atoms with van der Waals surface area (Å²) in [7, 11) is 0. The third kappa shape index (κ3) is 22.2. The van der Waals surface area contributed by atoms with E-state index in [0.717, 1.165) is 25.7 Å². The van der Waals surface area contributed by atoms with E-state index in [-0.39, 0.29) is 41.5 Å². The van der Waals surface area contributed by atoms with Crippen molar-refractivity contribution >= 4 is 41.5 Å². The summed E-state index contributed by atoms with van der Waals surface area (Å²) >= 11 is 0. The molecule has 0 spiro atoms. The average molecular weight is 379 g/mol. The molecule has 0 aromatic rings. The number of carbonyl (C=O) groups excluding carboxylic acids is 2. The van der Waals surface area contributed by atoms with E-state index in [2.05, 4.69) is 13.8 Å². The van der Waals surface area contributed by atoms with E-state index < -0.39 is 0 Å². The van der Waals surface area contributed by atoms with Crippen LogP contribution in [0, 0.1) is 0 Å². The summed E-state index contributed by atoms with van der Waals surface area (Å²) in [5, 5.41) is 0. The van der Waals surface area contributed by atoms with Crippen LogP contribution >= 0.6 is 0 Å². The second-order valence-corrected chi connectivity index (χ2v) is 7.30. The Kier molecular flexibility index (Phi) is 25.3. The van der Waals surface area contributed by atoms with Gasteiger partial charge in [0.05, 0.1) is 0 Å². The Morgan fingerprint density at radius 3 is 1.08 bits per heavy atom. The van der Waals surface area contributed by atoms with E-state index in [4.69, 9.17) is 4.74 Å². The summed E-state index contributed by atoms with van der Waals surface area (Å²) in [5.74, 6) is -0.675. The van der Waals surface area contributed by atoms with Crippen molar-refractivity contribution in [1.82, 2.24) is 0 Å². The molecule has 0 atom stereocenters. The summed E-state index contributed by atoms with van der Waals surface area (Å²) in [6.45, 7) is 4.45. The number of carbonyl (C=O) groups is 2. The molecule has 0 saturated heterocycles. The number of unbranched alkanes of at least 4 members (excludes halogenated alkanes) is 14. The molecule has 0 aromatic heterocycles. The van der Waals surface area contributed by atoms with Crippen LogP contribution in [0.15, 0.2) is 0 Å². The minimum atomic E-state index is -0.337. The van der Waals surface area contributed by atoms with E-state index in [0.29, 0.717) is 12.8 Å². The molecule has 0 bridgehead atoms. The van der Waals surface area contributed by atoms with Crippen LogP contribution in [0.25, 0.3) is 0 Å². The van der Waals surface area contributed by atoms with Gasteiger partial charge in [-0.2, -0.15) is 0 Å². The van der Waals surface area contributed by atoms with Gasteiger partial charge >= 0.3 is 41.5 Å². The van der Waals surface area contributed by atoms with Crippen molar-refractivity contribution in [3.8, 4) is 0 Å². The molecule has 0 N–H and O–H groups in total. The van der Waals surface area contributed by atoms with E-state index in [1.807, 2.05) is 0 Å². The fraction of sp³-hybridized carbons (Fsp3) is 0.909. The van der Waals surface area contributed by atoms with Crippen LogP contribution in [0.2, 0.25) is 0 Å². The van der Waals surface area contributed by atoms with Crippen molar-refractivity contribution < 1.29 is 14.3 Å². The Balaban J connectivity index is 0. The second kappa shape index (κ2) is 23.2. The van der Waals surface area contributed by atoms with Gasteiger partial charge in [-0.25, -0.2) is 0 Å². The summed E-state index contributed by atoms with van der Waals surface area (Å²) in [6, 6.07) is 0. The molecule has 0 amide bonds. The van der Waals surface area contributed by atoms with Gasteiger partial charge in [-0.3, -0.25) is 9.59 Å². The van der Waals surface area contributed by atoms with Crippen LogP contribution in [-0.2, 0) is 14.3 Å². The number of esters is 2. The van der Waals surface area contributed by atoms with Gasteiger partial charge in [0.2, 0.25) is 0 Å². The number of rotatable bonds is 18. The Morgan fingerprint density at radius 1 is 0.500 bits per heavy atom. The third-order valence-electron chi connectivity index (χ3n) is 4.70. The topological polar surface area (TPSA) is 43.4 Å². The molecule has 4 heteroatoms. The molecule has 0 aliphatic carbocycles. The zero-order valence-corrected chi connectivity index (χ0v) is 17.0. The summed E-state index contributed by atoms with van der Waals surface area (Å²) in [5.41, 5.74) is 0. The van der Waals surface area contributed by atoms with Crippen LogP contribution in [0.5, 0.6) is 0 Å². The molecule has 0 aliphatic heterocycles. The minimum absolute atomic E-state index is 0. The van der Waals surface area contributed by atoms with Crippen molar-refractivity contribution in [2.45, 2.75) is 129 Å². The maximum atomic E-state index is 11.6. The standard InChI is InChI=1S/C22H42O3.Na.H/c1-3-5-7-9-11-13-15-17-19-21(23)25-22(24)20-18-16-14-12-10-8-6-4-2;;/h3-20H2,1-2H3;;.